The van der Waals surface area contributed by atoms with Crippen LogP contribution in [0.3, 0.4) is 0 Å². The van der Waals surface area contributed by atoms with Gasteiger partial charge in [0, 0.05) is 31.7 Å². The number of methoxy groups -OCH3 is 1. The first-order valence-corrected chi connectivity index (χ1v) is 5.84. The SMILES string of the molecule is COc1ccc(C(=O)N2CCNCC2)cc1C#N. The van der Waals surface area contributed by atoms with Crippen LogP contribution in [0.25, 0.3) is 0 Å². The number of piperazine rings is 1. The first kappa shape index (κ1) is 12.4. The van der Waals surface area contributed by atoms with E-state index in [1.165, 1.54) is 7.11 Å². The Hall–Kier alpha value is -2.06. The summed E-state index contributed by atoms with van der Waals surface area (Å²) in [5.41, 5.74) is 0.924. The molecule has 0 atom stereocenters. The van der Waals surface area contributed by atoms with E-state index in [-0.39, 0.29) is 5.91 Å². The molecular formula is C13H15N3O2. The van der Waals surface area contributed by atoms with Crippen LogP contribution in [0.4, 0.5) is 0 Å². The molecule has 0 radical (unpaired) electrons. The molecule has 0 spiro atoms. The van der Waals surface area contributed by atoms with Gasteiger partial charge in [0.15, 0.2) is 0 Å². The second-order valence-electron chi connectivity index (χ2n) is 4.07. The molecule has 1 aromatic carbocycles. The van der Waals surface area contributed by atoms with E-state index in [1.807, 2.05) is 6.07 Å². The van der Waals surface area contributed by atoms with E-state index in [4.69, 9.17) is 10.00 Å². The van der Waals surface area contributed by atoms with Crippen LogP contribution in [0.15, 0.2) is 18.2 Å². The van der Waals surface area contributed by atoms with E-state index >= 15 is 0 Å². The zero-order valence-electron chi connectivity index (χ0n) is 10.3. The van der Waals surface area contributed by atoms with Crippen molar-refractivity contribution in [3.8, 4) is 11.8 Å². The van der Waals surface area contributed by atoms with Crippen LogP contribution in [-0.2, 0) is 0 Å². The molecule has 94 valence electrons. The van der Waals surface area contributed by atoms with Crippen molar-refractivity contribution < 1.29 is 9.53 Å². The van der Waals surface area contributed by atoms with E-state index in [0.29, 0.717) is 30.0 Å². The molecule has 0 aliphatic carbocycles. The largest absolute Gasteiger partial charge is 0.495 e. The molecule has 0 bridgehead atoms. The zero-order valence-corrected chi connectivity index (χ0v) is 10.3. The summed E-state index contributed by atoms with van der Waals surface area (Å²) >= 11 is 0. The van der Waals surface area contributed by atoms with Crippen molar-refractivity contribution in [2.45, 2.75) is 0 Å². The summed E-state index contributed by atoms with van der Waals surface area (Å²) in [4.78, 5) is 14.0. The normalized spacial score (nSPS) is 15.0. The van der Waals surface area contributed by atoms with Crippen molar-refractivity contribution in [1.29, 1.82) is 5.26 Å². The van der Waals surface area contributed by atoms with Gasteiger partial charge in [0.2, 0.25) is 0 Å². The van der Waals surface area contributed by atoms with Gasteiger partial charge in [0.1, 0.15) is 11.8 Å². The summed E-state index contributed by atoms with van der Waals surface area (Å²) < 4.78 is 5.06. The number of carbonyl (C=O) groups is 1. The number of hydrogen-bond acceptors (Lipinski definition) is 4. The summed E-state index contributed by atoms with van der Waals surface area (Å²) in [5.74, 6) is 0.463. The maximum atomic E-state index is 12.2. The van der Waals surface area contributed by atoms with E-state index in [1.54, 1.807) is 23.1 Å². The Bertz CT molecular complexity index is 487. The lowest BCUT2D eigenvalue weighted by Gasteiger charge is -2.27. The summed E-state index contributed by atoms with van der Waals surface area (Å²) in [5, 5.41) is 12.2. The Labute approximate surface area is 106 Å². The fraction of sp³-hybridized carbons (Fsp3) is 0.385. The molecule has 2 rings (SSSR count). The van der Waals surface area contributed by atoms with Gasteiger partial charge in [-0.3, -0.25) is 4.79 Å². The van der Waals surface area contributed by atoms with Crippen molar-refractivity contribution in [2.24, 2.45) is 0 Å². The fourth-order valence-corrected chi connectivity index (χ4v) is 1.98. The van der Waals surface area contributed by atoms with Crippen molar-refractivity contribution in [1.82, 2.24) is 10.2 Å². The van der Waals surface area contributed by atoms with Crippen LogP contribution < -0.4 is 10.1 Å². The number of nitrogens with one attached hydrogen (secondary N) is 1. The molecule has 1 aromatic rings. The Kier molecular flexibility index (Phi) is 3.80. The van der Waals surface area contributed by atoms with Gasteiger partial charge in [-0.15, -0.1) is 0 Å². The van der Waals surface area contributed by atoms with Crippen LogP contribution in [-0.4, -0.2) is 44.1 Å². The first-order chi connectivity index (χ1) is 8.76. The van der Waals surface area contributed by atoms with Crippen molar-refractivity contribution >= 4 is 5.91 Å². The van der Waals surface area contributed by atoms with Gasteiger partial charge in [-0.25, -0.2) is 0 Å². The third kappa shape index (κ3) is 2.44. The number of ether oxygens (including phenoxy) is 1. The van der Waals surface area contributed by atoms with Gasteiger partial charge in [0.05, 0.1) is 12.7 Å². The minimum absolute atomic E-state index is 0.0318. The summed E-state index contributed by atoms with van der Waals surface area (Å²) in [6, 6.07) is 6.98. The second kappa shape index (κ2) is 5.52. The highest BCUT2D eigenvalue weighted by molar-refractivity contribution is 5.95. The smallest absolute Gasteiger partial charge is 0.253 e. The summed E-state index contributed by atoms with van der Waals surface area (Å²) in [6.07, 6.45) is 0. The highest BCUT2D eigenvalue weighted by Crippen LogP contribution is 2.19. The van der Waals surface area contributed by atoms with Gasteiger partial charge in [0.25, 0.3) is 5.91 Å². The maximum Gasteiger partial charge on any atom is 0.253 e. The molecule has 0 saturated carbocycles. The van der Waals surface area contributed by atoms with E-state index < -0.39 is 0 Å². The zero-order chi connectivity index (χ0) is 13.0. The molecule has 1 saturated heterocycles. The van der Waals surface area contributed by atoms with Crippen molar-refractivity contribution in [3.63, 3.8) is 0 Å². The minimum atomic E-state index is -0.0318. The molecule has 5 heteroatoms. The standard InChI is InChI=1S/C13H15N3O2/c1-18-12-3-2-10(8-11(12)9-14)13(17)16-6-4-15-5-7-16/h2-3,8,15H,4-7H2,1H3. The molecule has 0 aromatic heterocycles. The average molecular weight is 245 g/mol. The van der Waals surface area contributed by atoms with Gasteiger partial charge in [-0.05, 0) is 18.2 Å². The first-order valence-electron chi connectivity index (χ1n) is 5.84. The molecule has 1 aliphatic rings. The Morgan fingerprint density at radius 3 is 2.78 bits per heavy atom. The average Bonchev–Trinajstić information content (AvgIpc) is 2.46. The lowest BCUT2D eigenvalue weighted by atomic mass is 10.1. The van der Waals surface area contributed by atoms with Crippen LogP contribution in [0.1, 0.15) is 15.9 Å². The third-order valence-electron chi connectivity index (χ3n) is 2.97. The summed E-state index contributed by atoms with van der Waals surface area (Å²) in [6.45, 7) is 3.03. The Morgan fingerprint density at radius 2 is 2.17 bits per heavy atom. The lowest BCUT2D eigenvalue weighted by molar-refractivity contribution is 0.0736. The van der Waals surface area contributed by atoms with Gasteiger partial charge >= 0.3 is 0 Å². The van der Waals surface area contributed by atoms with E-state index in [2.05, 4.69) is 5.32 Å². The highest BCUT2D eigenvalue weighted by Gasteiger charge is 2.18. The number of nitriles is 1. The highest BCUT2D eigenvalue weighted by atomic mass is 16.5. The van der Waals surface area contributed by atoms with Gasteiger partial charge in [-0.2, -0.15) is 5.26 Å². The van der Waals surface area contributed by atoms with Crippen LogP contribution in [0.5, 0.6) is 5.75 Å². The number of hydrogen-bond donors (Lipinski definition) is 1. The minimum Gasteiger partial charge on any atom is -0.495 e. The van der Waals surface area contributed by atoms with Crippen LogP contribution in [0, 0.1) is 11.3 Å². The predicted molar refractivity (Wildman–Crippen MR) is 66.5 cm³/mol. The lowest BCUT2D eigenvalue weighted by Crippen LogP contribution is -2.46. The molecule has 1 aliphatic heterocycles. The molecular weight excluding hydrogens is 230 g/mol. The quantitative estimate of drug-likeness (QED) is 0.829. The predicted octanol–water partition coefficient (Wildman–Crippen LogP) is 0.612. The molecule has 1 fully saturated rings. The molecule has 18 heavy (non-hydrogen) atoms. The molecule has 1 N–H and O–H groups in total. The van der Waals surface area contributed by atoms with E-state index in [9.17, 15) is 4.79 Å². The number of rotatable bonds is 2. The van der Waals surface area contributed by atoms with Gasteiger partial charge < -0.3 is 15.0 Å². The third-order valence-corrected chi connectivity index (χ3v) is 2.97. The van der Waals surface area contributed by atoms with Crippen molar-refractivity contribution in [2.75, 3.05) is 33.3 Å². The number of nitrogens with zero attached hydrogens (tertiary/aromatic N) is 2. The Balaban J connectivity index is 2.22. The van der Waals surface area contributed by atoms with Crippen LogP contribution in [0.2, 0.25) is 0 Å². The van der Waals surface area contributed by atoms with Crippen LogP contribution >= 0.6 is 0 Å². The molecule has 5 nitrogen and oxygen atoms in total. The molecule has 1 amide bonds. The topological polar surface area (TPSA) is 65.4 Å². The number of benzene rings is 1. The summed E-state index contributed by atoms with van der Waals surface area (Å²) in [7, 11) is 1.51. The number of carbonyl (C=O) groups excluding carboxylic acids is 1. The monoisotopic (exact) mass is 245 g/mol. The van der Waals surface area contributed by atoms with E-state index in [0.717, 1.165) is 13.1 Å². The molecule has 1 heterocycles. The van der Waals surface area contributed by atoms with Gasteiger partial charge in [-0.1, -0.05) is 0 Å². The maximum absolute atomic E-state index is 12.2. The number of amides is 1. The second-order valence-corrected chi connectivity index (χ2v) is 4.07. The Morgan fingerprint density at radius 1 is 1.44 bits per heavy atom. The van der Waals surface area contributed by atoms with Crippen molar-refractivity contribution in [3.05, 3.63) is 29.3 Å². The molecule has 0 unspecified atom stereocenters. The fourth-order valence-electron chi connectivity index (χ4n) is 1.98.